The van der Waals surface area contributed by atoms with Crippen molar-refractivity contribution in [1.82, 2.24) is 0 Å². The fraction of sp³-hybridized carbons (Fsp3) is 0.500. The van der Waals surface area contributed by atoms with Crippen molar-refractivity contribution in [3.8, 4) is 0 Å². The minimum absolute atomic E-state index is 0.0255. The van der Waals surface area contributed by atoms with E-state index in [1.54, 1.807) is 0 Å². The van der Waals surface area contributed by atoms with Crippen LogP contribution in [0.2, 0.25) is 0 Å². The Balaban J connectivity index is 0.000000136. The van der Waals surface area contributed by atoms with E-state index < -0.39 is 5.97 Å². The molecule has 1 aromatic carbocycles. The van der Waals surface area contributed by atoms with Gasteiger partial charge in [0.1, 0.15) is 5.78 Å². The molecule has 0 heterocycles. The quantitative estimate of drug-likeness (QED) is 0.884. The molecule has 0 radical (unpaired) electrons. The molecule has 3 heteroatoms. The van der Waals surface area contributed by atoms with Gasteiger partial charge in [0.2, 0.25) is 0 Å². The molecule has 4 rings (SSSR count). The minimum atomic E-state index is -0.783. The Morgan fingerprint density at radius 3 is 2.17 bits per heavy atom. The first-order chi connectivity index (χ1) is 10.8. The maximum Gasteiger partial charge on any atom is 0.332 e. The highest BCUT2D eigenvalue weighted by Gasteiger charge is 2.61. The summed E-state index contributed by atoms with van der Waals surface area (Å²) in [4.78, 5) is 22.1. The summed E-state index contributed by atoms with van der Waals surface area (Å²) in [5.74, 6) is 0.410. The standard InChI is InChI=1S/C10H8O2.C10H16O/c11-10(12)9-6-8(9)7-4-2-1-3-5-7;1-9(2)7-4-5-10(9,3)8(11)6-7/h1-5H,6H2,(H,11,12);7H,4-6H2,1-3H3. The average Bonchev–Trinajstić information content (AvgIpc) is 3.25. The molecule has 2 atom stereocenters. The minimum Gasteiger partial charge on any atom is -0.478 e. The van der Waals surface area contributed by atoms with Crippen molar-refractivity contribution < 1.29 is 14.7 Å². The molecule has 3 aliphatic carbocycles. The lowest BCUT2D eigenvalue weighted by atomic mass is 9.70. The maximum absolute atomic E-state index is 11.6. The van der Waals surface area contributed by atoms with Gasteiger partial charge in [0, 0.05) is 23.8 Å². The topological polar surface area (TPSA) is 54.4 Å². The first kappa shape index (κ1) is 16.0. The van der Waals surface area contributed by atoms with Gasteiger partial charge in [0.05, 0.1) is 0 Å². The van der Waals surface area contributed by atoms with Gasteiger partial charge in [0.15, 0.2) is 0 Å². The van der Waals surface area contributed by atoms with Gasteiger partial charge >= 0.3 is 5.97 Å². The Kier molecular flexibility index (Phi) is 3.70. The van der Waals surface area contributed by atoms with Gasteiger partial charge in [-0.15, -0.1) is 0 Å². The molecule has 2 saturated carbocycles. The van der Waals surface area contributed by atoms with Gasteiger partial charge in [-0.05, 0) is 35.3 Å². The Morgan fingerprint density at radius 1 is 1.17 bits per heavy atom. The van der Waals surface area contributed by atoms with Gasteiger partial charge in [-0.1, -0.05) is 51.1 Å². The molecule has 0 spiro atoms. The largest absolute Gasteiger partial charge is 0.478 e. The Bertz CT molecular complexity index is 684. The number of carbonyl (C=O) groups is 2. The third-order valence-corrected chi connectivity index (χ3v) is 6.46. The third-order valence-electron chi connectivity index (χ3n) is 6.46. The Hall–Kier alpha value is -1.90. The summed E-state index contributed by atoms with van der Waals surface area (Å²) in [6, 6.07) is 9.63. The second kappa shape index (κ2) is 5.33. The summed E-state index contributed by atoms with van der Waals surface area (Å²) < 4.78 is 0. The molecular formula is C20H24O3. The molecule has 0 aromatic heterocycles. The fourth-order valence-corrected chi connectivity index (χ4v) is 4.15. The second-order valence-corrected chi connectivity index (χ2v) is 7.72. The second-order valence-electron chi connectivity index (χ2n) is 7.72. The number of allylic oxidation sites excluding steroid dienone is 1. The van der Waals surface area contributed by atoms with Crippen LogP contribution in [-0.4, -0.2) is 16.9 Å². The van der Waals surface area contributed by atoms with Crippen molar-refractivity contribution >= 4 is 17.3 Å². The van der Waals surface area contributed by atoms with E-state index in [9.17, 15) is 9.59 Å². The number of carbonyl (C=O) groups excluding carboxylic acids is 1. The summed E-state index contributed by atoms with van der Waals surface area (Å²) in [5.41, 5.74) is 2.88. The predicted octanol–water partition coefficient (Wildman–Crippen LogP) is 4.33. The number of Topliss-reactive ketones (excluding diaryl/α,β-unsaturated/α-hetero) is 1. The molecule has 2 bridgehead atoms. The van der Waals surface area contributed by atoms with Crippen molar-refractivity contribution in [2.24, 2.45) is 16.7 Å². The molecule has 2 unspecified atom stereocenters. The maximum atomic E-state index is 11.6. The molecule has 0 aliphatic heterocycles. The van der Waals surface area contributed by atoms with Crippen molar-refractivity contribution in [3.63, 3.8) is 0 Å². The monoisotopic (exact) mass is 312 g/mol. The van der Waals surface area contributed by atoms with Gasteiger partial charge in [0.25, 0.3) is 0 Å². The number of ketones is 1. The number of carboxylic acids is 1. The third kappa shape index (κ3) is 2.52. The van der Waals surface area contributed by atoms with Crippen LogP contribution >= 0.6 is 0 Å². The molecule has 1 N–H and O–H groups in total. The lowest BCUT2D eigenvalue weighted by Gasteiger charge is -2.32. The van der Waals surface area contributed by atoms with Crippen LogP contribution < -0.4 is 0 Å². The molecule has 3 aliphatic rings. The first-order valence-corrected chi connectivity index (χ1v) is 8.31. The normalized spacial score (nSPS) is 30.0. The number of fused-ring (bicyclic) bond motifs is 2. The number of hydrogen-bond acceptors (Lipinski definition) is 2. The van der Waals surface area contributed by atoms with Crippen LogP contribution in [0.15, 0.2) is 35.9 Å². The Morgan fingerprint density at radius 2 is 1.83 bits per heavy atom. The van der Waals surface area contributed by atoms with Gasteiger partial charge in [-0.3, -0.25) is 4.79 Å². The highest BCUT2D eigenvalue weighted by atomic mass is 16.4. The summed E-state index contributed by atoms with van der Waals surface area (Å²) in [5, 5.41) is 8.63. The lowest BCUT2D eigenvalue weighted by molar-refractivity contribution is -0.132. The summed E-state index contributed by atoms with van der Waals surface area (Å²) >= 11 is 0. The number of carboxylic acid groups (broad SMARTS) is 1. The van der Waals surface area contributed by atoms with Crippen LogP contribution in [0.1, 0.15) is 52.0 Å². The molecule has 2 fully saturated rings. The molecule has 0 saturated heterocycles. The summed E-state index contributed by atoms with van der Waals surface area (Å²) in [6.07, 6.45) is 3.89. The van der Waals surface area contributed by atoms with Crippen LogP contribution in [0.3, 0.4) is 0 Å². The van der Waals surface area contributed by atoms with E-state index in [2.05, 4.69) is 20.8 Å². The van der Waals surface area contributed by atoms with E-state index >= 15 is 0 Å². The van der Waals surface area contributed by atoms with Gasteiger partial charge < -0.3 is 5.11 Å². The lowest BCUT2D eigenvalue weighted by Crippen LogP contribution is -2.32. The SMILES string of the molecule is CC12CCC(CC1=O)C2(C)C.O=C(O)C1=C(c2ccccc2)C1. The summed E-state index contributed by atoms with van der Waals surface area (Å²) in [6.45, 7) is 6.67. The zero-order valence-corrected chi connectivity index (χ0v) is 14.1. The number of hydrogen-bond donors (Lipinski definition) is 1. The highest BCUT2D eigenvalue weighted by molar-refractivity contribution is 6.07. The van der Waals surface area contributed by atoms with Gasteiger partial charge in [-0.25, -0.2) is 4.79 Å². The van der Waals surface area contributed by atoms with Crippen LogP contribution in [-0.2, 0) is 9.59 Å². The van der Waals surface area contributed by atoms with Crippen LogP contribution in [0.5, 0.6) is 0 Å². The molecule has 3 nitrogen and oxygen atoms in total. The summed E-state index contributed by atoms with van der Waals surface area (Å²) in [7, 11) is 0. The zero-order chi connectivity index (χ0) is 16.8. The average molecular weight is 312 g/mol. The van der Waals surface area contributed by atoms with Crippen molar-refractivity contribution in [2.45, 2.75) is 46.5 Å². The number of aliphatic carboxylic acids is 1. The zero-order valence-electron chi connectivity index (χ0n) is 14.1. The molecule has 0 amide bonds. The van der Waals surface area contributed by atoms with E-state index in [1.165, 1.54) is 6.42 Å². The van der Waals surface area contributed by atoms with E-state index in [0.29, 0.717) is 23.7 Å². The Labute approximate surface area is 137 Å². The highest BCUT2D eigenvalue weighted by Crippen LogP contribution is 2.63. The van der Waals surface area contributed by atoms with Crippen LogP contribution in [0, 0.1) is 16.7 Å². The van der Waals surface area contributed by atoms with E-state index in [1.807, 2.05) is 30.3 Å². The van der Waals surface area contributed by atoms with E-state index in [-0.39, 0.29) is 10.8 Å². The number of rotatable bonds is 2. The first-order valence-electron chi connectivity index (χ1n) is 8.31. The molecular weight excluding hydrogens is 288 g/mol. The fourth-order valence-electron chi connectivity index (χ4n) is 4.15. The van der Waals surface area contributed by atoms with Gasteiger partial charge in [-0.2, -0.15) is 0 Å². The van der Waals surface area contributed by atoms with Crippen LogP contribution in [0.25, 0.3) is 5.57 Å². The molecule has 122 valence electrons. The molecule has 1 aromatic rings. The predicted molar refractivity (Wildman–Crippen MR) is 89.9 cm³/mol. The van der Waals surface area contributed by atoms with E-state index in [4.69, 9.17) is 5.11 Å². The smallest absolute Gasteiger partial charge is 0.332 e. The number of benzene rings is 1. The van der Waals surface area contributed by atoms with Crippen molar-refractivity contribution in [1.29, 1.82) is 0 Å². The molecule has 23 heavy (non-hydrogen) atoms. The van der Waals surface area contributed by atoms with E-state index in [0.717, 1.165) is 24.0 Å². The van der Waals surface area contributed by atoms with Crippen molar-refractivity contribution in [2.75, 3.05) is 0 Å². The van der Waals surface area contributed by atoms with Crippen molar-refractivity contribution in [3.05, 3.63) is 41.5 Å². The van der Waals surface area contributed by atoms with Crippen LogP contribution in [0.4, 0.5) is 0 Å².